The maximum absolute atomic E-state index is 13.9. The van der Waals surface area contributed by atoms with Crippen LogP contribution in [0.1, 0.15) is 88.0 Å². The van der Waals surface area contributed by atoms with E-state index in [1.807, 2.05) is 44.2 Å². The normalized spacial score (nSPS) is 19.1. The first-order valence-corrected chi connectivity index (χ1v) is 15.1. The van der Waals surface area contributed by atoms with Gasteiger partial charge in [-0.05, 0) is 53.2 Å². The van der Waals surface area contributed by atoms with Gasteiger partial charge in [0.05, 0.1) is 43.1 Å². The van der Waals surface area contributed by atoms with E-state index >= 15 is 0 Å². The van der Waals surface area contributed by atoms with Gasteiger partial charge in [-0.2, -0.15) is 0 Å². The number of amides is 2. The van der Waals surface area contributed by atoms with Crippen molar-refractivity contribution in [2.75, 3.05) is 33.0 Å². The molecule has 236 valence electrons. The van der Waals surface area contributed by atoms with Gasteiger partial charge in [-0.3, -0.25) is 4.79 Å². The lowest BCUT2D eigenvalue weighted by atomic mass is 9.74. The van der Waals surface area contributed by atoms with Crippen molar-refractivity contribution in [3.05, 3.63) is 58.1 Å². The van der Waals surface area contributed by atoms with E-state index < -0.39 is 23.6 Å². The number of benzene rings is 2. The van der Waals surface area contributed by atoms with Gasteiger partial charge in [0, 0.05) is 31.6 Å². The number of carboxylic acids is 1. The second kappa shape index (κ2) is 15.4. The number of Topliss-reactive ketones (excluding diaryl/α,β-unsaturated/α-hetero) is 1. The minimum Gasteiger partial charge on any atom is -0.493 e. The first-order valence-electron chi connectivity index (χ1n) is 14.7. The first kappa shape index (κ1) is 34.2. The van der Waals surface area contributed by atoms with E-state index in [9.17, 15) is 19.5 Å². The van der Waals surface area contributed by atoms with Gasteiger partial charge < -0.3 is 34.3 Å². The quantitative estimate of drug-likeness (QED) is 0.213. The zero-order chi connectivity index (χ0) is 31.7. The van der Waals surface area contributed by atoms with Crippen molar-refractivity contribution in [2.24, 2.45) is 0 Å². The van der Waals surface area contributed by atoms with Gasteiger partial charge >= 0.3 is 12.0 Å². The highest BCUT2D eigenvalue weighted by Gasteiger charge is 2.53. The van der Waals surface area contributed by atoms with Crippen LogP contribution < -0.4 is 14.8 Å². The van der Waals surface area contributed by atoms with Crippen LogP contribution in [0.3, 0.4) is 0 Å². The average Bonchev–Trinajstić information content (AvgIpc) is 2.95. The number of aliphatic carboxylic acids is 1. The number of halogens is 1. The molecule has 0 aliphatic heterocycles. The average molecular weight is 619 g/mol. The lowest BCUT2D eigenvalue weighted by molar-refractivity contribution is -0.156. The van der Waals surface area contributed by atoms with Gasteiger partial charge in [0.15, 0.2) is 11.5 Å². The van der Waals surface area contributed by atoms with Crippen LogP contribution in [0.4, 0.5) is 4.79 Å². The van der Waals surface area contributed by atoms with Gasteiger partial charge in [-0.15, -0.1) is 0 Å². The third-order valence-electron chi connectivity index (χ3n) is 7.61. The van der Waals surface area contributed by atoms with Crippen molar-refractivity contribution in [2.45, 2.75) is 78.2 Å². The Morgan fingerprint density at radius 2 is 1.72 bits per heavy atom. The van der Waals surface area contributed by atoms with Crippen LogP contribution >= 0.6 is 11.6 Å². The summed E-state index contributed by atoms with van der Waals surface area (Å²) >= 11 is 6.86. The van der Waals surface area contributed by atoms with E-state index in [-0.39, 0.29) is 66.9 Å². The smallest absolute Gasteiger partial charge is 0.329 e. The lowest BCUT2D eigenvalue weighted by Gasteiger charge is -2.45. The molecule has 2 atom stereocenters. The lowest BCUT2D eigenvalue weighted by Crippen LogP contribution is -2.66. The van der Waals surface area contributed by atoms with Crippen LogP contribution in [0.5, 0.6) is 11.5 Å². The molecule has 0 radical (unpaired) electrons. The molecule has 1 aliphatic carbocycles. The Balaban J connectivity index is 1.97. The third-order valence-corrected chi connectivity index (χ3v) is 8.00. The largest absolute Gasteiger partial charge is 0.493 e. The van der Waals surface area contributed by atoms with Crippen LogP contribution in [0.25, 0.3) is 0 Å². The molecule has 0 saturated heterocycles. The number of nitrogens with zero attached hydrogens (tertiary/aromatic N) is 1. The highest BCUT2D eigenvalue weighted by atomic mass is 35.5. The summed E-state index contributed by atoms with van der Waals surface area (Å²) in [7, 11) is 0. The number of hydrogen-bond acceptors (Lipinski definition) is 7. The molecular weight excluding hydrogens is 576 g/mol. The molecule has 10 nitrogen and oxygen atoms in total. The Morgan fingerprint density at radius 3 is 2.28 bits per heavy atom. The number of carbonyl (C=O) groups is 3. The molecule has 0 aromatic heterocycles. The fraction of sp³-hybridized carbons (Fsp3) is 0.531. The van der Waals surface area contributed by atoms with Crippen molar-refractivity contribution in [1.82, 2.24) is 10.2 Å². The van der Waals surface area contributed by atoms with Gasteiger partial charge in [-0.25, -0.2) is 9.59 Å². The summed E-state index contributed by atoms with van der Waals surface area (Å²) in [4.78, 5) is 40.3. The van der Waals surface area contributed by atoms with Crippen molar-refractivity contribution in [1.29, 1.82) is 0 Å². The molecule has 1 saturated carbocycles. The SMILES string of the molecule is CCOc1cc([C@@H](C)N(CCO[C@@H](C)c2ccccc2)C(=O)N[C@]2(C(=O)O)C[C@@H](OCC)C2)c(Cl)c(OCC)c1C(C)=O. The zero-order valence-corrected chi connectivity index (χ0v) is 26.5. The van der Waals surface area contributed by atoms with E-state index in [1.165, 1.54) is 11.8 Å². The number of carboxylic acid groups (broad SMARTS) is 1. The predicted molar refractivity (Wildman–Crippen MR) is 163 cm³/mol. The number of carbonyl (C=O) groups excluding carboxylic acids is 2. The van der Waals surface area contributed by atoms with Crippen LogP contribution in [-0.4, -0.2) is 72.4 Å². The maximum Gasteiger partial charge on any atom is 0.329 e. The summed E-state index contributed by atoms with van der Waals surface area (Å²) in [6.45, 7) is 11.8. The van der Waals surface area contributed by atoms with Gasteiger partial charge in [0.2, 0.25) is 0 Å². The highest BCUT2D eigenvalue weighted by molar-refractivity contribution is 6.33. The van der Waals surface area contributed by atoms with Crippen LogP contribution in [0, 0.1) is 0 Å². The Kier molecular flexibility index (Phi) is 12.2. The number of ketones is 1. The molecule has 0 spiro atoms. The summed E-state index contributed by atoms with van der Waals surface area (Å²) in [6.07, 6.45) is -0.179. The third kappa shape index (κ3) is 7.99. The molecule has 2 amide bonds. The minimum absolute atomic E-state index is 0.119. The molecule has 0 unspecified atom stereocenters. The van der Waals surface area contributed by atoms with E-state index in [2.05, 4.69) is 5.32 Å². The van der Waals surface area contributed by atoms with Gasteiger partial charge in [0.25, 0.3) is 0 Å². The Morgan fingerprint density at radius 1 is 1.07 bits per heavy atom. The molecule has 1 aliphatic rings. The molecule has 0 bridgehead atoms. The maximum atomic E-state index is 13.9. The van der Waals surface area contributed by atoms with Gasteiger partial charge in [-0.1, -0.05) is 41.9 Å². The number of rotatable bonds is 16. The van der Waals surface area contributed by atoms with Crippen LogP contribution in [0.15, 0.2) is 36.4 Å². The van der Waals surface area contributed by atoms with Crippen molar-refractivity contribution in [3.63, 3.8) is 0 Å². The molecule has 0 heterocycles. The summed E-state index contributed by atoms with van der Waals surface area (Å²) in [6, 6.07) is 10.1. The fourth-order valence-corrected chi connectivity index (χ4v) is 5.64. The fourth-order valence-electron chi connectivity index (χ4n) is 5.28. The topological polar surface area (TPSA) is 124 Å². The summed E-state index contributed by atoms with van der Waals surface area (Å²) in [5.74, 6) is -0.929. The number of nitrogens with one attached hydrogen (secondary N) is 1. The van der Waals surface area contributed by atoms with E-state index in [4.69, 9.17) is 30.5 Å². The van der Waals surface area contributed by atoms with E-state index in [0.717, 1.165) is 5.56 Å². The van der Waals surface area contributed by atoms with Crippen molar-refractivity contribution < 1.29 is 38.4 Å². The number of hydrogen-bond donors (Lipinski definition) is 2. The number of urea groups is 1. The monoisotopic (exact) mass is 618 g/mol. The molecule has 3 rings (SSSR count). The minimum atomic E-state index is -1.46. The van der Waals surface area contributed by atoms with Crippen molar-refractivity contribution in [3.8, 4) is 11.5 Å². The molecular formula is C32H43ClN2O8. The first-order chi connectivity index (χ1) is 20.5. The van der Waals surface area contributed by atoms with Gasteiger partial charge in [0.1, 0.15) is 16.9 Å². The Labute approximate surface area is 258 Å². The predicted octanol–water partition coefficient (Wildman–Crippen LogP) is 6.21. The van der Waals surface area contributed by atoms with E-state index in [1.54, 1.807) is 26.8 Å². The molecule has 2 aromatic rings. The molecule has 43 heavy (non-hydrogen) atoms. The highest BCUT2D eigenvalue weighted by Crippen LogP contribution is 2.43. The summed E-state index contributed by atoms with van der Waals surface area (Å²) in [5.41, 5.74) is 0.234. The number of ether oxygens (including phenoxy) is 4. The van der Waals surface area contributed by atoms with E-state index in [0.29, 0.717) is 24.5 Å². The van der Waals surface area contributed by atoms with Crippen molar-refractivity contribution >= 4 is 29.4 Å². The van der Waals surface area contributed by atoms with Crippen LogP contribution in [-0.2, 0) is 14.3 Å². The molecule has 1 fully saturated rings. The summed E-state index contributed by atoms with van der Waals surface area (Å²) in [5, 5.41) is 13.0. The zero-order valence-electron chi connectivity index (χ0n) is 25.8. The second-order valence-corrected chi connectivity index (χ2v) is 10.9. The Bertz CT molecular complexity index is 1270. The molecule has 11 heteroatoms. The molecule has 2 N–H and O–H groups in total. The molecule has 2 aromatic carbocycles. The Hall–Kier alpha value is -3.34. The second-order valence-electron chi connectivity index (χ2n) is 10.5. The summed E-state index contributed by atoms with van der Waals surface area (Å²) < 4.78 is 23.3. The van der Waals surface area contributed by atoms with Crippen LogP contribution in [0.2, 0.25) is 5.02 Å². The standard InChI is InChI=1S/C32H43ClN2O8/c1-7-40-24-18-32(19-24,30(37)38)34-31(39)35(15-16-43-22(6)23-13-11-10-12-14-23)20(4)25-17-26(41-8-2)27(21(5)36)29(28(25)33)42-9-3/h10-14,17,20,22,24H,7-9,15-16,18-19H2,1-6H3,(H,34,39)(H,37,38)/t20-,22+,24-,32-/m1/s1.